The summed E-state index contributed by atoms with van der Waals surface area (Å²) in [6.07, 6.45) is 11.0. The van der Waals surface area contributed by atoms with E-state index in [1.807, 2.05) is 18.2 Å². The first-order chi connectivity index (χ1) is 6.93. The zero-order valence-electron chi connectivity index (χ0n) is 9.00. The van der Waals surface area contributed by atoms with E-state index in [0.29, 0.717) is 0 Å². The Morgan fingerprint density at radius 1 is 1.21 bits per heavy atom. The molecule has 1 aromatic rings. The van der Waals surface area contributed by atoms with Crippen molar-refractivity contribution in [3.8, 4) is 0 Å². The Morgan fingerprint density at radius 2 is 2.14 bits per heavy atom. The third-order valence-electron chi connectivity index (χ3n) is 2.25. The van der Waals surface area contributed by atoms with Gasteiger partial charge >= 0.3 is 0 Å². The van der Waals surface area contributed by atoms with Crippen molar-refractivity contribution in [2.45, 2.75) is 39.0 Å². The van der Waals surface area contributed by atoms with Gasteiger partial charge in [-0.25, -0.2) is 0 Å². The van der Waals surface area contributed by atoms with E-state index in [1.165, 1.54) is 37.7 Å². The van der Waals surface area contributed by atoms with Gasteiger partial charge < -0.3 is 0 Å². The maximum Gasteiger partial charge on any atom is -0.0106 e. The summed E-state index contributed by atoms with van der Waals surface area (Å²) in [5, 5.41) is 0. The van der Waals surface area contributed by atoms with Crippen molar-refractivity contribution in [1.29, 1.82) is 0 Å². The van der Waals surface area contributed by atoms with Crippen molar-refractivity contribution in [3.63, 3.8) is 0 Å². The second-order valence-electron chi connectivity index (χ2n) is 3.57. The van der Waals surface area contributed by atoms with Crippen LogP contribution in [0.15, 0.2) is 30.3 Å². The Bertz CT molecular complexity index is 246. The third-order valence-corrected chi connectivity index (χ3v) is 2.25. The molecule has 0 atom stereocenters. The lowest BCUT2D eigenvalue weighted by Crippen LogP contribution is -1.74. The van der Waals surface area contributed by atoms with E-state index in [0.717, 1.165) is 0 Å². The van der Waals surface area contributed by atoms with Gasteiger partial charge in [0, 0.05) is 0 Å². The zero-order valence-corrected chi connectivity index (χ0v) is 9.00. The van der Waals surface area contributed by atoms with Crippen LogP contribution in [-0.2, 0) is 0 Å². The number of allylic oxidation sites excluding steroid dienone is 1. The number of hydrogen-bond donors (Lipinski definition) is 0. The van der Waals surface area contributed by atoms with E-state index < -0.39 is 0 Å². The molecule has 0 amide bonds. The topological polar surface area (TPSA) is 0 Å². The molecule has 0 aromatic heterocycles. The molecule has 75 valence electrons. The van der Waals surface area contributed by atoms with Crippen LogP contribution >= 0.6 is 0 Å². The highest BCUT2D eigenvalue weighted by molar-refractivity contribution is 5.47. The highest BCUT2D eigenvalue weighted by atomic mass is 13.9. The van der Waals surface area contributed by atoms with E-state index >= 15 is 0 Å². The zero-order chi connectivity index (χ0) is 10.1. The van der Waals surface area contributed by atoms with Crippen molar-refractivity contribution in [2.75, 3.05) is 0 Å². The summed E-state index contributed by atoms with van der Waals surface area (Å²) in [4.78, 5) is 0. The van der Waals surface area contributed by atoms with Gasteiger partial charge in [0.25, 0.3) is 0 Å². The Morgan fingerprint density at radius 3 is 2.86 bits per heavy atom. The summed E-state index contributed by atoms with van der Waals surface area (Å²) in [6, 6.07) is 11.3. The lowest BCUT2D eigenvalue weighted by Gasteiger charge is -1.94. The predicted molar refractivity (Wildman–Crippen MR) is 63.1 cm³/mol. The van der Waals surface area contributed by atoms with Crippen LogP contribution in [0.3, 0.4) is 0 Å². The molecule has 0 N–H and O–H groups in total. The second kappa shape index (κ2) is 7.37. The molecule has 0 saturated carbocycles. The molecular formula is C14H19. The maximum atomic E-state index is 3.18. The van der Waals surface area contributed by atoms with Crippen LogP contribution in [0.5, 0.6) is 0 Å². The molecule has 0 spiro atoms. The fraction of sp³-hybridized carbons (Fsp3) is 0.429. The molecule has 1 aromatic carbocycles. The van der Waals surface area contributed by atoms with Crippen molar-refractivity contribution < 1.29 is 0 Å². The van der Waals surface area contributed by atoms with Gasteiger partial charge in [0.2, 0.25) is 0 Å². The minimum atomic E-state index is 1.18. The smallest absolute Gasteiger partial charge is 0.0106 e. The third kappa shape index (κ3) is 4.86. The van der Waals surface area contributed by atoms with Crippen LogP contribution in [0.25, 0.3) is 6.08 Å². The Kier molecular flexibility index (Phi) is 5.81. The van der Waals surface area contributed by atoms with Gasteiger partial charge in [-0.2, -0.15) is 0 Å². The minimum absolute atomic E-state index is 1.18. The Hall–Kier alpha value is -1.04. The second-order valence-corrected chi connectivity index (χ2v) is 3.57. The molecule has 0 aliphatic carbocycles. The van der Waals surface area contributed by atoms with Gasteiger partial charge in [-0.05, 0) is 24.5 Å². The molecule has 0 nitrogen and oxygen atoms in total. The first-order valence-electron chi connectivity index (χ1n) is 5.56. The molecule has 0 saturated heterocycles. The lowest BCUT2D eigenvalue weighted by molar-refractivity contribution is 0.675. The van der Waals surface area contributed by atoms with Gasteiger partial charge in [-0.15, -0.1) is 0 Å². The van der Waals surface area contributed by atoms with Crippen molar-refractivity contribution in [1.82, 2.24) is 0 Å². The van der Waals surface area contributed by atoms with E-state index in [2.05, 4.69) is 31.2 Å². The van der Waals surface area contributed by atoms with E-state index in [1.54, 1.807) is 0 Å². The molecule has 14 heavy (non-hydrogen) atoms. The quantitative estimate of drug-likeness (QED) is 0.576. The fourth-order valence-corrected chi connectivity index (χ4v) is 1.41. The van der Waals surface area contributed by atoms with Gasteiger partial charge in [-0.1, -0.05) is 62.6 Å². The highest BCUT2D eigenvalue weighted by Gasteiger charge is 1.85. The van der Waals surface area contributed by atoms with Gasteiger partial charge in [-0.3, -0.25) is 0 Å². The van der Waals surface area contributed by atoms with E-state index in [9.17, 15) is 0 Å². The SMILES string of the molecule is CCCCCCC=Cc1[c]cccc1. The molecule has 1 radical (unpaired) electrons. The monoisotopic (exact) mass is 187 g/mol. The summed E-state index contributed by atoms with van der Waals surface area (Å²) in [7, 11) is 0. The van der Waals surface area contributed by atoms with Gasteiger partial charge in [0.05, 0.1) is 0 Å². The van der Waals surface area contributed by atoms with Crippen LogP contribution in [0.1, 0.15) is 44.6 Å². The normalized spacial score (nSPS) is 10.9. The Labute approximate surface area is 87.7 Å². The van der Waals surface area contributed by atoms with E-state index in [4.69, 9.17) is 0 Å². The van der Waals surface area contributed by atoms with Crippen molar-refractivity contribution in [3.05, 3.63) is 42.0 Å². The molecule has 0 heteroatoms. The lowest BCUT2D eigenvalue weighted by atomic mass is 10.1. The van der Waals surface area contributed by atoms with Crippen LogP contribution in [0, 0.1) is 6.07 Å². The van der Waals surface area contributed by atoms with Gasteiger partial charge in [0.1, 0.15) is 0 Å². The largest absolute Gasteiger partial charge is 0.0839 e. The molecule has 0 heterocycles. The summed E-state index contributed by atoms with van der Waals surface area (Å²) in [6.45, 7) is 2.24. The maximum absolute atomic E-state index is 3.18. The first kappa shape index (κ1) is 11.0. The summed E-state index contributed by atoms with van der Waals surface area (Å²) in [5.41, 5.74) is 1.18. The van der Waals surface area contributed by atoms with Crippen molar-refractivity contribution in [2.24, 2.45) is 0 Å². The molecule has 0 fully saturated rings. The average molecular weight is 187 g/mol. The Balaban J connectivity index is 2.15. The molecule has 0 unspecified atom stereocenters. The minimum Gasteiger partial charge on any atom is -0.0839 e. The number of benzene rings is 1. The summed E-state index contributed by atoms with van der Waals surface area (Å²) in [5.74, 6) is 0. The van der Waals surface area contributed by atoms with Crippen LogP contribution in [-0.4, -0.2) is 0 Å². The molecular weight excluding hydrogens is 168 g/mol. The van der Waals surface area contributed by atoms with Crippen LogP contribution in [0.2, 0.25) is 0 Å². The molecule has 1 rings (SSSR count). The number of hydrogen-bond acceptors (Lipinski definition) is 0. The summed E-state index contributed by atoms with van der Waals surface area (Å²) < 4.78 is 0. The van der Waals surface area contributed by atoms with E-state index in [-0.39, 0.29) is 0 Å². The average Bonchev–Trinajstić information content (AvgIpc) is 2.25. The summed E-state index contributed by atoms with van der Waals surface area (Å²) >= 11 is 0. The molecule has 0 aliphatic heterocycles. The molecule has 0 bridgehead atoms. The van der Waals surface area contributed by atoms with Crippen LogP contribution < -0.4 is 0 Å². The molecule has 0 aliphatic rings. The number of unbranched alkanes of at least 4 members (excludes halogenated alkanes) is 4. The highest BCUT2D eigenvalue weighted by Crippen LogP contribution is 2.05. The van der Waals surface area contributed by atoms with Gasteiger partial charge in [0.15, 0.2) is 0 Å². The standard InChI is InChI=1S/C14H19/c1-2-3-4-5-6-8-11-14-12-9-7-10-13-14/h7-12H,2-6H2,1H3. The fourth-order valence-electron chi connectivity index (χ4n) is 1.41. The first-order valence-corrected chi connectivity index (χ1v) is 5.56. The van der Waals surface area contributed by atoms with Crippen LogP contribution in [0.4, 0.5) is 0 Å². The number of rotatable bonds is 6. The predicted octanol–water partition coefficient (Wildman–Crippen LogP) is 4.47. The van der Waals surface area contributed by atoms with Crippen molar-refractivity contribution >= 4 is 6.08 Å².